The lowest BCUT2D eigenvalue weighted by molar-refractivity contribution is 0.193. The lowest BCUT2D eigenvalue weighted by Crippen LogP contribution is -2.20. The van der Waals surface area contributed by atoms with Crippen LogP contribution in [-0.2, 0) is 16.7 Å². The van der Waals surface area contributed by atoms with Gasteiger partial charge in [-0.15, -0.1) is 0 Å². The summed E-state index contributed by atoms with van der Waals surface area (Å²) >= 11 is 0. The van der Waals surface area contributed by atoms with E-state index < -0.39 is 0 Å². The number of benzene rings is 1. The third-order valence-corrected chi connectivity index (χ3v) is 5.29. The molecular weight excluding hydrogens is 314 g/mol. The first-order valence-corrected chi connectivity index (χ1v) is 8.90. The lowest BCUT2D eigenvalue weighted by atomic mass is 10.1. The number of rotatable bonds is 5. The molecule has 1 aliphatic heterocycles. The molecule has 0 N–H and O–H groups in total. The number of hydrogen-bond acceptors (Lipinski definition) is 4. The van der Waals surface area contributed by atoms with Gasteiger partial charge in [0.15, 0.2) is 5.82 Å². The average molecular weight is 335 g/mol. The largest absolute Gasteiger partial charge is 0.381 e. The summed E-state index contributed by atoms with van der Waals surface area (Å²) in [6.07, 6.45) is 9.02. The van der Waals surface area contributed by atoms with Gasteiger partial charge in [-0.05, 0) is 31.4 Å². The Morgan fingerprint density at radius 2 is 2.08 bits per heavy atom. The Labute approximate surface area is 146 Å². The molecule has 1 saturated heterocycles. The third-order valence-electron chi connectivity index (χ3n) is 5.29. The Hall–Kier alpha value is -2.47. The zero-order chi connectivity index (χ0) is 16.7. The van der Waals surface area contributed by atoms with Crippen LogP contribution in [0, 0.1) is 0 Å². The molecule has 0 amide bonds. The fourth-order valence-corrected chi connectivity index (χ4v) is 3.66. The molecule has 2 aromatic heterocycles. The highest BCUT2D eigenvalue weighted by molar-refractivity contribution is 5.35. The molecule has 0 bridgehead atoms. The second-order valence-electron chi connectivity index (χ2n) is 7.12. The summed E-state index contributed by atoms with van der Waals surface area (Å²) in [6.45, 7) is 2.44. The molecule has 2 fully saturated rings. The highest BCUT2D eigenvalue weighted by atomic mass is 16.5. The first-order chi connectivity index (χ1) is 12.3. The van der Waals surface area contributed by atoms with Crippen LogP contribution in [0.1, 0.15) is 36.8 Å². The van der Waals surface area contributed by atoms with Crippen molar-refractivity contribution in [3.05, 3.63) is 60.7 Å². The van der Waals surface area contributed by atoms with Crippen molar-refractivity contribution in [2.24, 2.45) is 0 Å². The number of aromatic nitrogens is 5. The highest BCUT2D eigenvalue weighted by Crippen LogP contribution is 2.49. The van der Waals surface area contributed by atoms with E-state index in [9.17, 15) is 0 Å². The van der Waals surface area contributed by atoms with Gasteiger partial charge in [0.25, 0.3) is 0 Å². The van der Waals surface area contributed by atoms with Gasteiger partial charge in [0.05, 0.1) is 18.6 Å². The number of ether oxygens (including phenoxy) is 1. The normalized spacial score (nSPS) is 21.5. The van der Waals surface area contributed by atoms with Crippen molar-refractivity contribution in [1.82, 2.24) is 24.3 Å². The molecule has 1 aliphatic carbocycles. The van der Waals surface area contributed by atoms with E-state index in [1.54, 1.807) is 0 Å². The number of imidazole rings is 1. The van der Waals surface area contributed by atoms with Crippen LogP contribution in [0.4, 0.5) is 0 Å². The molecule has 1 aromatic carbocycles. The van der Waals surface area contributed by atoms with Crippen LogP contribution < -0.4 is 0 Å². The summed E-state index contributed by atoms with van der Waals surface area (Å²) < 4.78 is 9.75. The van der Waals surface area contributed by atoms with Crippen molar-refractivity contribution in [3.8, 4) is 5.69 Å². The van der Waals surface area contributed by atoms with Crippen molar-refractivity contribution in [1.29, 1.82) is 0 Å². The van der Waals surface area contributed by atoms with Crippen molar-refractivity contribution in [2.75, 3.05) is 13.2 Å². The Kier molecular flexibility index (Phi) is 3.45. The second-order valence-corrected chi connectivity index (χ2v) is 7.12. The maximum atomic E-state index is 5.55. The summed E-state index contributed by atoms with van der Waals surface area (Å²) in [7, 11) is 0. The quantitative estimate of drug-likeness (QED) is 0.719. The first-order valence-electron chi connectivity index (χ1n) is 8.90. The standard InChI is InChI=1S/C19H21N5O/c1-2-4-16(5-3-1)24-18(21-17(22-24)15-6-11-25-12-15)19(7-8-19)13-23-10-9-20-14-23/h1-5,9-10,14-15H,6-8,11-13H2/t15-/m1/s1. The van der Waals surface area contributed by atoms with E-state index in [2.05, 4.69) is 38.5 Å². The molecule has 6 heteroatoms. The van der Waals surface area contributed by atoms with Crippen LogP contribution in [0.2, 0.25) is 0 Å². The maximum Gasteiger partial charge on any atom is 0.156 e. The van der Waals surface area contributed by atoms with E-state index in [0.29, 0.717) is 5.92 Å². The average Bonchev–Trinajstić information content (AvgIpc) is 3.13. The van der Waals surface area contributed by atoms with Gasteiger partial charge in [0, 0.05) is 36.9 Å². The SMILES string of the molecule is c1ccc(-n2nc([C@@H]3CCOC3)nc2C2(Cn3ccnc3)CC2)cc1. The van der Waals surface area contributed by atoms with Crippen molar-refractivity contribution >= 4 is 0 Å². The fraction of sp³-hybridized carbons (Fsp3) is 0.421. The smallest absolute Gasteiger partial charge is 0.156 e. The molecule has 5 rings (SSSR count). The van der Waals surface area contributed by atoms with Crippen LogP contribution in [0.5, 0.6) is 0 Å². The van der Waals surface area contributed by atoms with Gasteiger partial charge in [-0.2, -0.15) is 5.10 Å². The summed E-state index contributed by atoms with van der Waals surface area (Å²) in [4.78, 5) is 9.20. The molecule has 3 aromatic rings. The van der Waals surface area contributed by atoms with Crippen LogP contribution in [0.15, 0.2) is 49.1 Å². The second kappa shape index (κ2) is 5.81. The van der Waals surface area contributed by atoms with Gasteiger partial charge < -0.3 is 9.30 Å². The van der Waals surface area contributed by atoms with Gasteiger partial charge in [0.2, 0.25) is 0 Å². The Bertz CT molecular complexity index is 845. The topological polar surface area (TPSA) is 57.8 Å². The molecule has 0 radical (unpaired) electrons. The van der Waals surface area contributed by atoms with E-state index in [4.69, 9.17) is 14.8 Å². The zero-order valence-corrected chi connectivity index (χ0v) is 14.1. The van der Waals surface area contributed by atoms with Crippen LogP contribution in [0.3, 0.4) is 0 Å². The minimum atomic E-state index is 0.0568. The van der Waals surface area contributed by atoms with Crippen molar-refractivity contribution in [2.45, 2.75) is 37.1 Å². The third kappa shape index (κ3) is 2.66. The van der Waals surface area contributed by atoms with E-state index in [0.717, 1.165) is 56.4 Å². The number of nitrogens with zero attached hydrogens (tertiary/aromatic N) is 5. The minimum Gasteiger partial charge on any atom is -0.381 e. The highest BCUT2D eigenvalue weighted by Gasteiger charge is 2.49. The van der Waals surface area contributed by atoms with Crippen LogP contribution in [-0.4, -0.2) is 37.5 Å². The van der Waals surface area contributed by atoms with Crippen LogP contribution in [0.25, 0.3) is 5.69 Å². The predicted octanol–water partition coefficient (Wildman–Crippen LogP) is 2.70. The lowest BCUT2D eigenvalue weighted by Gasteiger charge is -2.16. The first kappa shape index (κ1) is 14.8. The molecule has 0 unspecified atom stereocenters. The van der Waals surface area contributed by atoms with Gasteiger partial charge >= 0.3 is 0 Å². The minimum absolute atomic E-state index is 0.0568. The fourth-order valence-electron chi connectivity index (χ4n) is 3.66. The van der Waals surface area contributed by atoms with Crippen molar-refractivity contribution < 1.29 is 4.74 Å². The molecule has 2 aliphatic rings. The molecular formula is C19H21N5O. The van der Waals surface area contributed by atoms with E-state index in [1.165, 1.54) is 0 Å². The van der Waals surface area contributed by atoms with Crippen molar-refractivity contribution in [3.63, 3.8) is 0 Å². The maximum absolute atomic E-state index is 5.55. The van der Waals surface area contributed by atoms with E-state index >= 15 is 0 Å². The molecule has 3 heterocycles. The van der Waals surface area contributed by atoms with E-state index in [-0.39, 0.29) is 5.41 Å². The summed E-state index contributed by atoms with van der Waals surface area (Å²) in [6, 6.07) is 10.3. The van der Waals surface area contributed by atoms with Gasteiger partial charge in [-0.3, -0.25) is 0 Å². The van der Waals surface area contributed by atoms with Crippen LogP contribution >= 0.6 is 0 Å². The monoisotopic (exact) mass is 335 g/mol. The van der Waals surface area contributed by atoms with E-state index in [1.807, 2.05) is 24.8 Å². The number of hydrogen-bond donors (Lipinski definition) is 0. The summed E-state index contributed by atoms with van der Waals surface area (Å²) in [5.74, 6) is 2.32. The number of para-hydroxylation sites is 1. The molecule has 25 heavy (non-hydrogen) atoms. The Balaban J connectivity index is 1.57. The zero-order valence-electron chi connectivity index (χ0n) is 14.1. The molecule has 128 valence electrons. The van der Waals surface area contributed by atoms with Gasteiger partial charge in [-0.1, -0.05) is 18.2 Å². The predicted molar refractivity (Wildman–Crippen MR) is 92.7 cm³/mol. The van der Waals surface area contributed by atoms with Gasteiger partial charge in [-0.25, -0.2) is 14.6 Å². The summed E-state index contributed by atoms with van der Waals surface area (Å²) in [5, 5.41) is 4.90. The molecule has 6 nitrogen and oxygen atoms in total. The Morgan fingerprint density at radius 1 is 1.20 bits per heavy atom. The van der Waals surface area contributed by atoms with Gasteiger partial charge in [0.1, 0.15) is 5.82 Å². The Morgan fingerprint density at radius 3 is 2.76 bits per heavy atom. The molecule has 1 saturated carbocycles. The summed E-state index contributed by atoms with van der Waals surface area (Å²) in [5.41, 5.74) is 1.13. The molecule has 1 atom stereocenters. The molecule has 0 spiro atoms.